The first-order chi connectivity index (χ1) is 17.2. The van der Waals surface area contributed by atoms with E-state index in [1.165, 1.54) is 19.4 Å². The third-order valence-corrected chi connectivity index (χ3v) is 10.8. The molecule has 0 aromatic heterocycles. The molecule has 0 heterocycles. The monoisotopic (exact) mass is 516 g/mol. The molecule has 208 valence electrons. The average Bonchev–Trinajstić information content (AvgIpc) is 3.07. The number of aliphatic hydroxyl groups is 1. The number of carbonyl (C=O) groups excluding carboxylic acids is 3. The molecule has 4 rings (SSSR count). The summed E-state index contributed by atoms with van der Waals surface area (Å²) in [4.78, 5) is 37.0. The Labute approximate surface area is 222 Å². The molecular formula is C31H48O6. The van der Waals surface area contributed by atoms with Gasteiger partial charge in [-0.15, -0.1) is 0 Å². The lowest BCUT2D eigenvalue weighted by Crippen LogP contribution is -2.60. The molecule has 4 aliphatic rings. The second kappa shape index (κ2) is 10.1. The van der Waals surface area contributed by atoms with Crippen LogP contribution in [0.25, 0.3) is 0 Å². The van der Waals surface area contributed by atoms with Crippen molar-refractivity contribution in [3.63, 3.8) is 0 Å². The summed E-state index contributed by atoms with van der Waals surface area (Å²) in [6, 6.07) is 0. The lowest BCUT2D eigenvalue weighted by molar-refractivity contribution is -0.201. The highest BCUT2D eigenvalue weighted by molar-refractivity contribution is 5.91. The van der Waals surface area contributed by atoms with Crippen LogP contribution in [-0.4, -0.2) is 40.6 Å². The first-order valence-corrected chi connectivity index (χ1v) is 14.5. The molecule has 0 spiro atoms. The molecule has 0 saturated heterocycles. The van der Waals surface area contributed by atoms with Crippen molar-refractivity contribution < 1.29 is 29.0 Å². The SMILES string of the molecule is CC(=O)O[C@H]1C[C@H]2[C@@H]3CCC4=CC(=O)CC[C@]4(C)[C@H]3C[C@@H](OC(C)=O)[C@]2(C)[C@H]1[C@@](C)(O)CCCC(C)C. The van der Waals surface area contributed by atoms with Gasteiger partial charge in [-0.3, -0.25) is 14.4 Å². The van der Waals surface area contributed by atoms with E-state index < -0.39 is 17.1 Å². The van der Waals surface area contributed by atoms with Gasteiger partial charge in [0.05, 0.1) is 5.60 Å². The molecule has 1 N–H and O–H groups in total. The summed E-state index contributed by atoms with van der Waals surface area (Å²) in [5.74, 6) is 0.588. The fourth-order valence-corrected chi connectivity index (χ4v) is 9.30. The van der Waals surface area contributed by atoms with E-state index in [1.54, 1.807) is 0 Å². The highest BCUT2D eigenvalue weighted by atomic mass is 16.6. The van der Waals surface area contributed by atoms with Crippen molar-refractivity contribution in [1.82, 2.24) is 0 Å². The van der Waals surface area contributed by atoms with Gasteiger partial charge in [-0.2, -0.15) is 0 Å². The van der Waals surface area contributed by atoms with Crippen molar-refractivity contribution in [1.29, 1.82) is 0 Å². The van der Waals surface area contributed by atoms with Crippen LogP contribution in [-0.2, 0) is 23.9 Å². The number of ketones is 1. The molecule has 4 aliphatic carbocycles. The zero-order valence-electron chi connectivity index (χ0n) is 24.0. The van der Waals surface area contributed by atoms with Crippen LogP contribution in [0.15, 0.2) is 11.6 Å². The highest BCUT2D eigenvalue weighted by Crippen LogP contribution is 2.69. The zero-order chi connectivity index (χ0) is 27.3. The van der Waals surface area contributed by atoms with E-state index >= 15 is 0 Å². The number of esters is 2. The number of fused-ring (bicyclic) bond motifs is 5. The lowest BCUT2D eigenvalue weighted by Gasteiger charge is -2.60. The Morgan fingerprint density at radius 2 is 1.78 bits per heavy atom. The van der Waals surface area contributed by atoms with Gasteiger partial charge >= 0.3 is 11.9 Å². The van der Waals surface area contributed by atoms with Crippen molar-refractivity contribution in [3.8, 4) is 0 Å². The van der Waals surface area contributed by atoms with Crippen LogP contribution in [0.3, 0.4) is 0 Å². The van der Waals surface area contributed by atoms with E-state index in [0.29, 0.717) is 37.5 Å². The quantitative estimate of drug-likeness (QED) is 0.431. The smallest absolute Gasteiger partial charge is 0.302 e. The van der Waals surface area contributed by atoms with E-state index in [0.717, 1.165) is 32.1 Å². The molecule has 6 nitrogen and oxygen atoms in total. The Hall–Kier alpha value is -1.69. The summed E-state index contributed by atoms with van der Waals surface area (Å²) in [6.07, 6.45) is 8.26. The van der Waals surface area contributed by atoms with Crippen LogP contribution < -0.4 is 0 Å². The molecular weight excluding hydrogens is 468 g/mol. The van der Waals surface area contributed by atoms with Gasteiger partial charge in [0, 0.05) is 31.6 Å². The van der Waals surface area contributed by atoms with Gasteiger partial charge in [0.15, 0.2) is 5.78 Å². The molecule has 37 heavy (non-hydrogen) atoms. The second-order valence-electron chi connectivity index (χ2n) is 13.7. The fraction of sp³-hybridized carbons (Fsp3) is 0.839. The van der Waals surface area contributed by atoms with Gasteiger partial charge in [0.2, 0.25) is 0 Å². The maximum absolute atomic E-state index is 12.4. The van der Waals surface area contributed by atoms with Crippen molar-refractivity contribution in [2.24, 2.45) is 40.4 Å². The number of hydrogen-bond donors (Lipinski definition) is 1. The number of rotatable bonds is 7. The van der Waals surface area contributed by atoms with Gasteiger partial charge in [-0.25, -0.2) is 0 Å². The van der Waals surface area contributed by atoms with Crippen LogP contribution in [0.4, 0.5) is 0 Å². The Morgan fingerprint density at radius 1 is 1.11 bits per heavy atom. The summed E-state index contributed by atoms with van der Waals surface area (Å²) in [6.45, 7) is 13.7. The van der Waals surface area contributed by atoms with Gasteiger partial charge in [0.25, 0.3) is 0 Å². The van der Waals surface area contributed by atoms with E-state index in [9.17, 15) is 19.5 Å². The largest absolute Gasteiger partial charge is 0.462 e. The minimum Gasteiger partial charge on any atom is -0.462 e. The Bertz CT molecular complexity index is 949. The number of hydrogen-bond acceptors (Lipinski definition) is 6. The van der Waals surface area contributed by atoms with Crippen LogP contribution in [0.1, 0.15) is 106 Å². The van der Waals surface area contributed by atoms with E-state index in [2.05, 4.69) is 27.7 Å². The molecule has 9 atom stereocenters. The third-order valence-electron chi connectivity index (χ3n) is 10.8. The normalized spacial score (nSPS) is 40.7. The predicted molar refractivity (Wildman–Crippen MR) is 141 cm³/mol. The molecule has 0 amide bonds. The number of carbonyl (C=O) groups is 3. The van der Waals surface area contributed by atoms with Gasteiger partial charge < -0.3 is 14.6 Å². The maximum Gasteiger partial charge on any atom is 0.302 e. The van der Waals surface area contributed by atoms with Crippen molar-refractivity contribution >= 4 is 17.7 Å². The molecule has 0 aliphatic heterocycles. The van der Waals surface area contributed by atoms with Gasteiger partial charge in [-0.05, 0) is 80.6 Å². The molecule has 3 saturated carbocycles. The van der Waals surface area contributed by atoms with Gasteiger partial charge in [-0.1, -0.05) is 46.1 Å². The Kier molecular flexibility index (Phi) is 7.75. The molecule has 0 aromatic carbocycles. The standard InChI is InChI=1S/C31H48O6/c1-18(2)9-8-13-30(6,35)28-26(36-19(3)32)16-25-23-11-10-21-15-22(34)12-14-29(21,5)24(23)17-27(31(25,28)7)37-20(4)33/h15,18,23-28,35H,8-14,16-17H2,1-7H3/t23-,24+,25+,26+,27-,28-,29+,30+,31-/m1/s1. The molecule has 0 bridgehead atoms. The summed E-state index contributed by atoms with van der Waals surface area (Å²) in [5, 5.41) is 12.1. The third kappa shape index (κ3) is 5.04. The van der Waals surface area contributed by atoms with E-state index in [1.807, 2.05) is 13.0 Å². The first-order valence-electron chi connectivity index (χ1n) is 14.5. The first kappa shape index (κ1) is 28.3. The second-order valence-corrected chi connectivity index (χ2v) is 13.7. The van der Waals surface area contributed by atoms with Crippen molar-refractivity contribution in [2.45, 2.75) is 124 Å². The molecule has 0 aromatic rings. The Morgan fingerprint density at radius 3 is 2.41 bits per heavy atom. The van der Waals surface area contributed by atoms with Crippen LogP contribution in [0, 0.1) is 40.4 Å². The summed E-state index contributed by atoms with van der Waals surface area (Å²) < 4.78 is 12.1. The molecule has 0 radical (unpaired) electrons. The van der Waals surface area contributed by atoms with Crippen LogP contribution in [0.2, 0.25) is 0 Å². The van der Waals surface area contributed by atoms with Crippen molar-refractivity contribution in [2.75, 3.05) is 0 Å². The highest BCUT2D eigenvalue weighted by Gasteiger charge is 2.69. The topological polar surface area (TPSA) is 89.9 Å². The van der Waals surface area contributed by atoms with Gasteiger partial charge in [0.1, 0.15) is 12.2 Å². The lowest BCUT2D eigenvalue weighted by atomic mass is 9.45. The van der Waals surface area contributed by atoms with Crippen LogP contribution >= 0.6 is 0 Å². The number of ether oxygens (including phenoxy) is 2. The van der Waals surface area contributed by atoms with Crippen molar-refractivity contribution in [3.05, 3.63) is 11.6 Å². The van der Waals surface area contributed by atoms with Crippen LogP contribution in [0.5, 0.6) is 0 Å². The fourth-order valence-electron chi connectivity index (χ4n) is 9.30. The summed E-state index contributed by atoms with van der Waals surface area (Å²) in [5.41, 5.74) is -0.422. The minimum atomic E-state index is -1.06. The summed E-state index contributed by atoms with van der Waals surface area (Å²) in [7, 11) is 0. The van der Waals surface area contributed by atoms with E-state index in [-0.39, 0.29) is 47.0 Å². The zero-order valence-corrected chi connectivity index (χ0v) is 24.0. The molecule has 3 fully saturated rings. The molecule has 0 unspecified atom stereocenters. The Balaban J connectivity index is 1.77. The van der Waals surface area contributed by atoms with E-state index in [4.69, 9.17) is 9.47 Å². The maximum atomic E-state index is 12.4. The number of allylic oxidation sites excluding steroid dienone is 1. The minimum absolute atomic E-state index is 0.0919. The average molecular weight is 517 g/mol. The summed E-state index contributed by atoms with van der Waals surface area (Å²) >= 11 is 0. The molecule has 6 heteroatoms. The predicted octanol–water partition coefficient (Wildman–Crippen LogP) is 5.80.